The SMILES string of the molecule is Cc1nn(C2CCNCC2)cc1-c1cccc(F)c1. The van der Waals surface area contributed by atoms with E-state index in [-0.39, 0.29) is 5.82 Å². The van der Waals surface area contributed by atoms with E-state index in [1.54, 1.807) is 12.1 Å². The third kappa shape index (κ3) is 2.54. The van der Waals surface area contributed by atoms with Crippen LogP contribution in [0.3, 0.4) is 0 Å². The first-order valence-electron chi connectivity index (χ1n) is 6.76. The summed E-state index contributed by atoms with van der Waals surface area (Å²) in [5, 5.41) is 7.96. The van der Waals surface area contributed by atoms with Crippen LogP contribution in [0.2, 0.25) is 0 Å². The average molecular weight is 259 g/mol. The fraction of sp³-hybridized carbons (Fsp3) is 0.400. The summed E-state index contributed by atoms with van der Waals surface area (Å²) in [6.07, 6.45) is 4.26. The topological polar surface area (TPSA) is 29.9 Å². The van der Waals surface area contributed by atoms with Crippen LogP contribution in [0.4, 0.5) is 4.39 Å². The molecule has 1 aromatic carbocycles. The van der Waals surface area contributed by atoms with Gasteiger partial charge in [0.15, 0.2) is 0 Å². The molecule has 1 saturated heterocycles. The van der Waals surface area contributed by atoms with E-state index in [0.29, 0.717) is 6.04 Å². The number of benzene rings is 1. The molecule has 0 atom stereocenters. The van der Waals surface area contributed by atoms with Crippen LogP contribution in [0.1, 0.15) is 24.6 Å². The Labute approximate surface area is 112 Å². The van der Waals surface area contributed by atoms with Gasteiger partial charge in [0.2, 0.25) is 0 Å². The summed E-state index contributed by atoms with van der Waals surface area (Å²) in [6.45, 7) is 4.07. The number of piperidine rings is 1. The predicted octanol–water partition coefficient (Wildman–Crippen LogP) is 2.92. The monoisotopic (exact) mass is 259 g/mol. The molecular formula is C15H18FN3. The van der Waals surface area contributed by atoms with E-state index in [4.69, 9.17) is 0 Å². The summed E-state index contributed by atoms with van der Waals surface area (Å²) >= 11 is 0. The maximum atomic E-state index is 13.3. The second-order valence-electron chi connectivity index (χ2n) is 5.10. The number of aryl methyl sites for hydroxylation is 1. The van der Waals surface area contributed by atoms with Gasteiger partial charge in [-0.1, -0.05) is 12.1 Å². The highest BCUT2D eigenvalue weighted by Crippen LogP contribution is 2.26. The van der Waals surface area contributed by atoms with Gasteiger partial charge in [0.1, 0.15) is 5.82 Å². The quantitative estimate of drug-likeness (QED) is 0.898. The zero-order valence-corrected chi connectivity index (χ0v) is 11.1. The molecule has 1 aliphatic rings. The average Bonchev–Trinajstić information content (AvgIpc) is 2.82. The van der Waals surface area contributed by atoms with E-state index in [1.165, 1.54) is 6.07 Å². The van der Waals surface area contributed by atoms with Gasteiger partial charge in [0.05, 0.1) is 11.7 Å². The number of halogens is 1. The number of aromatic nitrogens is 2. The normalized spacial score (nSPS) is 16.7. The van der Waals surface area contributed by atoms with Crippen molar-refractivity contribution in [3.05, 3.63) is 42.0 Å². The maximum absolute atomic E-state index is 13.3. The van der Waals surface area contributed by atoms with Crippen LogP contribution < -0.4 is 5.32 Å². The highest BCUT2D eigenvalue weighted by molar-refractivity contribution is 5.65. The van der Waals surface area contributed by atoms with Crippen LogP contribution in [0.15, 0.2) is 30.5 Å². The first-order valence-corrected chi connectivity index (χ1v) is 6.76. The van der Waals surface area contributed by atoms with E-state index in [2.05, 4.69) is 21.3 Å². The number of nitrogens with one attached hydrogen (secondary N) is 1. The van der Waals surface area contributed by atoms with Crippen molar-refractivity contribution < 1.29 is 4.39 Å². The van der Waals surface area contributed by atoms with Gasteiger partial charge in [0, 0.05) is 11.8 Å². The van der Waals surface area contributed by atoms with Crippen molar-refractivity contribution in [1.82, 2.24) is 15.1 Å². The molecule has 100 valence electrons. The van der Waals surface area contributed by atoms with Gasteiger partial charge in [-0.3, -0.25) is 4.68 Å². The molecule has 0 spiro atoms. The Hall–Kier alpha value is -1.68. The summed E-state index contributed by atoms with van der Waals surface area (Å²) < 4.78 is 15.4. The van der Waals surface area contributed by atoms with Crippen LogP contribution >= 0.6 is 0 Å². The van der Waals surface area contributed by atoms with Gasteiger partial charge in [-0.2, -0.15) is 5.10 Å². The van der Waals surface area contributed by atoms with Gasteiger partial charge in [-0.05, 0) is 50.6 Å². The van der Waals surface area contributed by atoms with Crippen molar-refractivity contribution in [2.75, 3.05) is 13.1 Å². The molecular weight excluding hydrogens is 241 g/mol. The lowest BCUT2D eigenvalue weighted by molar-refractivity contribution is 0.342. The Morgan fingerprint density at radius 3 is 2.84 bits per heavy atom. The Kier molecular flexibility index (Phi) is 3.34. The van der Waals surface area contributed by atoms with Gasteiger partial charge in [-0.25, -0.2) is 4.39 Å². The third-order valence-electron chi connectivity index (χ3n) is 3.74. The lowest BCUT2D eigenvalue weighted by Crippen LogP contribution is -2.29. The summed E-state index contributed by atoms with van der Waals surface area (Å²) in [4.78, 5) is 0. The molecule has 2 aromatic rings. The molecule has 3 rings (SSSR count). The minimum Gasteiger partial charge on any atom is -0.317 e. The van der Waals surface area contributed by atoms with Gasteiger partial charge in [0.25, 0.3) is 0 Å². The molecule has 0 radical (unpaired) electrons. The zero-order valence-electron chi connectivity index (χ0n) is 11.1. The Morgan fingerprint density at radius 2 is 2.11 bits per heavy atom. The second kappa shape index (κ2) is 5.13. The molecule has 19 heavy (non-hydrogen) atoms. The van der Waals surface area contributed by atoms with E-state index in [9.17, 15) is 4.39 Å². The predicted molar refractivity (Wildman–Crippen MR) is 73.5 cm³/mol. The van der Waals surface area contributed by atoms with E-state index >= 15 is 0 Å². The number of hydrogen-bond acceptors (Lipinski definition) is 2. The standard InChI is InChI=1S/C15H18FN3/c1-11-15(12-3-2-4-13(16)9-12)10-19(18-11)14-5-7-17-8-6-14/h2-4,9-10,14,17H,5-8H2,1H3. The molecule has 1 fully saturated rings. The second-order valence-corrected chi connectivity index (χ2v) is 5.10. The van der Waals surface area contributed by atoms with E-state index < -0.39 is 0 Å². The van der Waals surface area contributed by atoms with Crippen molar-refractivity contribution in [1.29, 1.82) is 0 Å². The van der Waals surface area contributed by atoms with Gasteiger partial charge in [-0.15, -0.1) is 0 Å². The van der Waals surface area contributed by atoms with Crippen LogP contribution in [0.25, 0.3) is 11.1 Å². The number of rotatable bonds is 2. The lowest BCUT2D eigenvalue weighted by atomic mass is 10.1. The van der Waals surface area contributed by atoms with E-state index in [0.717, 1.165) is 42.8 Å². The Balaban J connectivity index is 1.92. The zero-order chi connectivity index (χ0) is 13.2. The van der Waals surface area contributed by atoms with Crippen molar-refractivity contribution in [3.63, 3.8) is 0 Å². The molecule has 2 heterocycles. The van der Waals surface area contributed by atoms with E-state index in [1.807, 2.05) is 13.0 Å². The van der Waals surface area contributed by atoms with Gasteiger partial charge < -0.3 is 5.32 Å². The number of hydrogen-bond donors (Lipinski definition) is 1. The van der Waals surface area contributed by atoms with Crippen molar-refractivity contribution in [2.45, 2.75) is 25.8 Å². The minimum absolute atomic E-state index is 0.202. The molecule has 3 nitrogen and oxygen atoms in total. The molecule has 0 amide bonds. The van der Waals surface area contributed by atoms with Crippen LogP contribution in [-0.2, 0) is 0 Å². The molecule has 0 unspecified atom stereocenters. The molecule has 0 saturated carbocycles. The third-order valence-corrected chi connectivity index (χ3v) is 3.74. The van der Waals surface area contributed by atoms with Crippen LogP contribution in [0.5, 0.6) is 0 Å². The highest BCUT2D eigenvalue weighted by Gasteiger charge is 2.17. The van der Waals surface area contributed by atoms with Crippen molar-refractivity contribution >= 4 is 0 Å². The van der Waals surface area contributed by atoms with Gasteiger partial charge >= 0.3 is 0 Å². The maximum Gasteiger partial charge on any atom is 0.123 e. The molecule has 1 aromatic heterocycles. The first-order chi connectivity index (χ1) is 9.24. The smallest absolute Gasteiger partial charge is 0.123 e. The van der Waals surface area contributed by atoms with Crippen LogP contribution in [-0.4, -0.2) is 22.9 Å². The molecule has 4 heteroatoms. The molecule has 0 bridgehead atoms. The Morgan fingerprint density at radius 1 is 1.32 bits per heavy atom. The first kappa shape index (κ1) is 12.4. The summed E-state index contributed by atoms with van der Waals surface area (Å²) in [6, 6.07) is 7.17. The van der Waals surface area contributed by atoms with Crippen LogP contribution in [0, 0.1) is 12.7 Å². The lowest BCUT2D eigenvalue weighted by Gasteiger charge is -2.22. The summed E-state index contributed by atoms with van der Waals surface area (Å²) in [5.41, 5.74) is 2.89. The Bertz CT molecular complexity index is 571. The fourth-order valence-corrected chi connectivity index (χ4v) is 2.68. The molecule has 0 aliphatic carbocycles. The largest absolute Gasteiger partial charge is 0.317 e. The minimum atomic E-state index is -0.202. The summed E-state index contributed by atoms with van der Waals surface area (Å²) in [7, 11) is 0. The van der Waals surface area contributed by atoms with Crippen molar-refractivity contribution in [3.8, 4) is 11.1 Å². The highest BCUT2D eigenvalue weighted by atomic mass is 19.1. The number of nitrogens with zero attached hydrogens (tertiary/aromatic N) is 2. The summed E-state index contributed by atoms with van der Waals surface area (Å²) in [5.74, 6) is -0.202. The van der Waals surface area contributed by atoms with Crippen molar-refractivity contribution in [2.24, 2.45) is 0 Å². The molecule has 1 N–H and O–H groups in total. The molecule has 1 aliphatic heterocycles. The fourth-order valence-electron chi connectivity index (χ4n) is 2.68.